The van der Waals surface area contributed by atoms with Crippen molar-refractivity contribution in [2.24, 2.45) is 0 Å². The predicted octanol–water partition coefficient (Wildman–Crippen LogP) is 3.64. The van der Waals surface area contributed by atoms with Crippen LogP contribution in [0, 0.1) is 6.92 Å². The van der Waals surface area contributed by atoms with Gasteiger partial charge < -0.3 is 9.73 Å². The molecule has 130 valence electrons. The molecule has 0 saturated carbocycles. The fraction of sp³-hybridized carbons (Fsp3) is 0.211. The van der Waals surface area contributed by atoms with Crippen molar-refractivity contribution in [2.45, 2.75) is 24.8 Å². The number of hydrogen-bond donors (Lipinski definition) is 1. The largest absolute Gasteiger partial charge is 0.459 e. The Balaban J connectivity index is 1.92. The summed E-state index contributed by atoms with van der Waals surface area (Å²) >= 11 is 0. The molecule has 0 fully saturated rings. The number of sulfone groups is 1. The lowest BCUT2D eigenvalue weighted by molar-refractivity contribution is 0.0932. The normalized spacial score (nSPS) is 12.9. The minimum absolute atomic E-state index is 0.0148. The highest BCUT2D eigenvalue weighted by Crippen LogP contribution is 2.29. The van der Waals surface area contributed by atoms with Crippen LogP contribution < -0.4 is 5.32 Å². The molecule has 0 saturated heterocycles. The summed E-state index contributed by atoms with van der Waals surface area (Å²) in [7, 11) is -3.49. The summed E-state index contributed by atoms with van der Waals surface area (Å²) in [5.74, 6) is 0.208. The quantitative estimate of drug-likeness (QED) is 0.773. The Morgan fingerprint density at radius 3 is 2.40 bits per heavy atom. The monoisotopic (exact) mass is 357 g/mol. The molecular formula is C19H19NO4S. The molecule has 0 spiro atoms. The number of amides is 1. The van der Waals surface area contributed by atoms with Crippen molar-refractivity contribution in [2.75, 3.05) is 6.26 Å². The van der Waals surface area contributed by atoms with Crippen LogP contribution in [0.4, 0.5) is 0 Å². The van der Waals surface area contributed by atoms with E-state index in [4.69, 9.17) is 4.42 Å². The maximum absolute atomic E-state index is 12.6. The smallest absolute Gasteiger partial charge is 0.253 e. The zero-order chi connectivity index (χ0) is 18.2. The molecule has 1 atom stereocenters. The highest BCUT2D eigenvalue weighted by Gasteiger charge is 2.22. The Kier molecular flexibility index (Phi) is 4.39. The van der Waals surface area contributed by atoms with E-state index >= 15 is 0 Å². The first-order valence-corrected chi connectivity index (χ1v) is 9.76. The van der Waals surface area contributed by atoms with Gasteiger partial charge in [-0.05, 0) is 32.0 Å². The number of carbonyl (C=O) groups excluding carboxylic acids is 1. The van der Waals surface area contributed by atoms with Crippen LogP contribution in [0.3, 0.4) is 0 Å². The number of rotatable bonds is 4. The minimum atomic E-state index is -3.49. The van der Waals surface area contributed by atoms with E-state index in [1.807, 2.05) is 38.1 Å². The summed E-state index contributed by atoms with van der Waals surface area (Å²) < 4.78 is 29.6. The van der Waals surface area contributed by atoms with Crippen LogP contribution in [0.2, 0.25) is 0 Å². The van der Waals surface area contributed by atoms with E-state index < -0.39 is 21.8 Å². The highest BCUT2D eigenvalue weighted by atomic mass is 32.2. The van der Waals surface area contributed by atoms with E-state index in [0.29, 0.717) is 5.76 Å². The number of aryl methyl sites for hydroxylation is 1. The second-order valence-corrected chi connectivity index (χ2v) is 8.04. The van der Waals surface area contributed by atoms with Gasteiger partial charge in [0.25, 0.3) is 5.91 Å². The van der Waals surface area contributed by atoms with Crippen molar-refractivity contribution < 1.29 is 17.6 Å². The zero-order valence-corrected chi connectivity index (χ0v) is 15.1. The summed E-state index contributed by atoms with van der Waals surface area (Å²) in [5, 5.41) is 3.83. The molecule has 3 aromatic rings. The van der Waals surface area contributed by atoms with Crippen molar-refractivity contribution in [1.82, 2.24) is 5.32 Å². The molecule has 0 aliphatic heterocycles. The van der Waals surface area contributed by atoms with Gasteiger partial charge in [-0.1, -0.05) is 30.3 Å². The van der Waals surface area contributed by atoms with E-state index in [2.05, 4.69) is 5.32 Å². The van der Waals surface area contributed by atoms with Crippen molar-refractivity contribution in [3.05, 3.63) is 65.4 Å². The third-order valence-electron chi connectivity index (χ3n) is 4.15. The zero-order valence-electron chi connectivity index (χ0n) is 14.2. The van der Waals surface area contributed by atoms with Gasteiger partial charge in [-0.25, -0.2) is 8.42 Å². The van der Waals surface area contributed by atoms with Gasteiger partial charge in [0.2, 0.25) is 0 Å². The Morgan fingerprint density at radius 1 is 1.08 bits per heavy atom. The number of para-hydroxylation sites is 1. The number of nitrogens with one attached hydrogen (secondary N) is 1. The number of furan rings is 1. The first-order valence-electron chi connectivity index (χ1n) is 7.87. The van der Waals surface area contributed by atoms with E-state index in [1.165, 1.54) is 12.1 Å². The first-order chi connectivity index (χ1) is 11.8. The van der Waals surface area contributed by atoms with Crippen molar-refractivity contribution >= 4 is 26.7 Å². The number of hydrogen-bond acceptors (Lipinski definition) is 4. The van der Waals surface area contributed by atoms with Gasteiger partial charge in [0, 0.05) is 17.2 Å². The molecule has 0 aliphatic carbocycles. The lowest BCUT2D eigenvalue weighted by atomic mass is 10.1. The second-order valence-electron chi connectivity index (χ2n) is 6.05. The van der Waals surface area contributed by atoms with Gasteiger partial charge in [0.05, 0.1) is 16.5 Å². The number of fused-ring (bicyclic) bond motifs is 1. The molecule has 0 aliphatic rings. The molecular weight excluding hydrogens is 338 g/mol. The molecule has 1 N–H and O–H groups in total. The van der Waals surface area contributed by atoms with E-state index in [-0.39, 0.29) is 10.5 Å². The summed E-state index contributed by atoms with van der Waals surface area (Å²) in [6.45, 7) is 3.75. The van der Waals surface area contributed by atoms with Crippen LogP contribution in [-0.4, -0.2) is 20.6 Å². The molecule has 6 heteroatoms. The molecule has 1 unspecified atom stereocenters. The maximum atomic E-state index is 12.6. The first kappa shape index (κ1) is 17.2. The maximum Gasteiger partial charge on any atom is 0.253 e. The predicted molar refractivity (Wildman–Crippen MR) is 96.4 cm³/mol. The summed E-state index contributed by atoms with van der Waals surface area (Å²) in [6, 6.07) is 13.4. The van der Waals surface area contributed by atoms with E-state index in [0.717, 1.165) is 22.8 Å². The third-order valence-corrected chi connectivity index (χ3v) is 5.31. The average Bonchev–Trinajstić information content (AvgIpc) is 2.91. The van der Waals surface area contributed by atoms with E-state index in [9.17, 15) is 13.2 Å². The molecule has 3 rings (SSSR count). The van der Waals surface area contributed by atoms with Crippen LogP contribution in [0.15, 0.2) is 57.8 Å². The van der Waals surface area contributed by atoms with Crippen LogP contribution in [0.1, 0.15) is 34.6 Å². The van der Waals surface area contributed by atoms with Crippen molar-refractivity contribution in [3.63, 3.8) is 0 Å². The topological polar surface area (TPSA) is 76.4 Å². The summed E-state index contributed by atoms with van der Waals surface area (Å²) in [6.07, 6.45) is 1.09. The van der Waals surface area contributed by atoms with Gasteiger partial charge in [0.15, 0.2) is 9.84 Å². The molecule has 1 amide bonds. The number of benzene rings is 2. The third kappa shape index (κ3) is 3.30. The van der Waals surface area contributed by atoms with Crippen LogP contribution in [0.5, 0.6) is 0 Å². The molecule has 2 aromatic carbocycles. The van der Waals surface area contributed by atoms with Gasteiger partial charge in [0.1, 0.15) is 11.3 Å². The molecule has 1 heterocycles. The number of carbonyl (C=O) groups is 1. The molecule has 0 radical (unpaired) electrons. The van der Waals surface area contributed by atoms with Crippen molar-refractivity contribution in [3.8, 4) is 0 Å². The van der Waals surface area contributed by atoms with Gasteiger partial charge in [-0.15, -0.1) is 0 Å². The van der Waals surface area contributed by atoms with Gasteiger partial charge >= 0.3 is 0 Å². The molecule has 25 heavy (non-hydrogen) atoms. The minimum Gasteiger partial charge on any atom is -0.459 e. The lowest BCUT2D eigenvalue weighted by Crippen LogP contribution is -2.28. The Bertz CT molecular complexity index is 1050. The summed E-state index contributed by atoms with van der Waals surface area (Å²) in [4.78, 5) is 12.6. The highest BCUT2D eigenvalue weighted by molar-refractivity contribution is 7.90. The second kappa shape index (κ2) is 6.37. The van der Waals surface area contributed by atoms with Crippen LogP contribution in [-0.2, 0) is 9.84 Å². The fourth-order valence-electron chi connectivity index (χ4n) is 2.92. The standard InChI is InChI=1S/C19H19NO4S/c1-12-14-8-4-6-10-16(14)24-18(12)13(2)20-19(21)15-9-5-7-11-17(15)25(3,22)23/h4-11,13H,1-3H3,(H,20,21). The molecule has 0 bridgehead atoms. The van der Waals surface area contributed by atoms with Gasteiger partial charge in [-0.2, -0.15) is 0 Å². The SMILES string of the molecule is Cc1c(C(C)NC(=O)c2ccccc2S(C)(=O)=O)oc2ccccc12. The Labute approximate surface area is 146 Å². The Morgan fingerprint density at radius 2 is 1.72 bits per heavy atom. The van der Waals surface area contributed by atoms with Crippen LogP contribution in [0.25, 0.3) is 11.0 Å². The average molecular weight is 357 g/mol. The summed E-state index contributed by atoms with van der Waals surface area (Å²) in [5.41, 5.74) is 1.85. The van der Waals surface area contributed by atoms with Crippen molar-refractivity contribution in [1.29, 1.82) is 0 Å². The lowest BCUT2D eigenvalue weighted by Gasteiger charge is -2.14. The van der Waals surface area contributed by atoms with Gasteiger partial charge in [-0.3, -0.25) is 4.79 Å². The fourth-order valence-corrected chi connectivity index (χ4v) is 3.81. The Hall–Kier alpha value is -2.60. The van der Waals surface area contributed by atoms with Crippen LogP contribution >= 0.6 is 0 Å². The molecule has 5 nitrogen and oxygen atoms in total. The van der Waals surface area contributed by atoms with E-state index in [1.54, 1.807) is 12.1 Å². The molecule has 1 aromatic heterocycles.